The van der Waals surface area contributed by atoms with Crippen LogP contribution in [-0.4, -0.2) is 81.9 Å². The molecule has 2 aromatic carbocycles. The predicted molar refractivity (Wildman–Crippen MR) is 135 cm³/mol. The molecule has 2 aromatic rings. The first kappa shape index (κ1) is 32.8. The minimum absolute atomic E-state index is 0. The Morgan fingerprint density at radius 3 is 1.11 bits per heavy atom. The second kappa shape index (κ2) is 16.6. The molecule has 3 rings (SSSR count). The fraction of sp³-hybridized carbons (Fsp3) is 0.556. The minimum atomic E-state index is 0. The molecule has 2 unspecified atom stereocenters. The largest absolute Gasteiger partial charge is 1.00 e. The van der Waals surface area contributed by atoms with Crippen molar-refractivity contribution < 1.29 is 63.0 Å². The molecule has 210 valence electrons. The summed E-state index contributed by atoms with van der Waals surface area (Å²) >= 11 is 0. The van der Waals surface area contributed by atoms with Crippen molar-refractivity contribution in [3.8, 4) is 34.5 Å². The predicted octanol–water partition coefficient (Wildman–Crippen LogP) is -5.30. The third-order valence-corrected chi connectivity index (χ3v) is 6.88. The molecule has 0 radical (unpaired) electrons. The zero-order chi connectivity index (χ0) is 25.2. The number of hydrogen-bond acceptors (Lipinski definition) is 6. The molecule has 37 heavy (non-hydrogen) atoms. The van der Waals surface area contributed by atoms with E-state index in [1.165, 1.54) is 43.7 Å². The van der Waals surface area contributed by atoms with Crippen LogP contribution >= 0.6 is 0 Å². The van der Waals surface area contributed by atoms with Gasteiger partial charge >= 0.3 is 0 Å². The van der Waals surface area contributed by atoms with Crippen LogP contribution in [0.5, 0.6) is 34.5 Å². The second-order valence-electron chi connectivity index (χ2n) is 8.92. The molecule has 0 bridgehead atoms. The van der Waals surface area contributed by atoms with Gasteiger partial charge in [0.15, 0.2) is 23.0 Å². The molecular formula is C27H42Cl2N2O6. The molecule has 0 aromatic heterocycles. The van der Waals surface area contributed by atoms with E-state index in [-0.39, 0.29) is 24.8 Å². The number of nitrogens with one attached hydrogen (secondary N) is 2. The normalized spacial score (nSPS) is 16.9. The number of halogens is 2. The van der Waals surface area contributed by atoms with Crippen LogP contribution in [0.1, 0.15) is 17.5 Å². The van der Waals surface area contributed by atoms with Crippen LogP contribution in [0.4, 0.5) is 0 Å². The molecule has 0 saturated carbocycles. The zero-order valence-electron chi connectivity index (χ0n) is 22.9. The SMILES string of the molecule is COc1cc(CC[NH+]2CCC[NH+](CCc3cc(OC)c(OC)c(OC)c3)CC2)cc(OC)c1OC.[Cl-].[Cl-]. The van der Waals surface area contributed by atoms with Gasteiger partial charge in [0, 0.05) is 19.3 Å². The molecule has 0 spiro atoms. The van der Waals surface area contributed by atoms with E-state index in [1.807, 2.05) is 0 Å². The lowest BCUT2D eigenvalue weighted by molar-refractivity contribution is -0.938. The second-order valence-corrected chi connectivity index (χ2v) is 8.92. The fourth-order valence-corrected chi connectivity index (χ4v) is 4.89. The standard InChI is InChI=1S/C27H40N2O6.2ClH/c1-30-22-16-20(17-23(31-2)26(22)34-5)8-12-28-10-7-11-29(15-14-28)13-9-21-18-24(32-3)27(35-6)25(19-21)33-4;;/h16-19H,7-15H2,1-6H3;2*1H. The smallest absolute Gasteiger partial charge is 0.203 e. The van der Waals surface area contributed by atoms with Gasteiger partial charge in [-0.15, -0.1) is 0 Å². The zero-order valence-corrected chi connectivity index (χ0v) is 24.4. The van der Waals surface area contributed by atoms with E-state index in [0.717, 1.165) is 48.9 Å². The van der Waals surface area contributed by atoms with Gasteiger partial charge in [0.1, 0.15) is 13.1 Å². The molecular weight excluding hydrogens is 519 g/mol. The number of hydrogen-bond donors (Lipinski definition) is 2. The van der Waals surface area contributed by atoms with Gasteiger partial charge < -0.3 is 63.0 Å². The fourth-order valence-electron chi connectivity index (χ4n) is 4.89. The monoisotopic (exact) mass is 560 g/mol. The lowest BCUT2D eigenvalue weighted by Gasteiger charge is -2.19. The maximum atomic E-state index is 5.51. The third kappa shape index (κ3) is 8.64. The lowest BCUT2D eigenvalue weighted by Crippen LogP contribution is -3.18. The number of rotatable bonds is 12. The van der Waals surface area contributed by atoms with Crippen molar-refractivity contribution in [1.82, 2.24) is 0 Å². The molecule has 1 aliphatic rings. The summed E-state index contributed by atoms with van der Waals surface area (Å²) in [5.41, 5.74) is 2.42. The summed E-state index contributed by atoms with van der Waals surface area (Å²) in [6.45, 7) is 6.96. The number of ether oxygens (including phenoxy) is 6. The van der Waals surface area contributed by atoms with Gasteiger partial charge in [0.2, 0.25) is 11.5 Å². The first-order valence-electron chi connectivity index (χ1n) is 12.3. The summed E-state index contributed by atoms with van der Waals surface area (Å²) in [5, 5.41) is 0. The van der Waals surface area contributed by atoms with Crippen LogP contribution < -0.4 is 63.0 Å². The molecule has 1 heterocycles. The molecule has 1 fully saturated rings. The van der Waals surface area contributed by atoms with Gasteiger partial charge in [0.05, 0.1) is 68.8 Å². The average molecular weight is 562 g/mol. The Labute approximate surface area is 233 Å². The Morgan fingerprint density at radius 2 is 0.838 bits per heavy atom. The van der Waals surface area contributed by atoms with Crippen molar-refractivity contribution in [3.05, 3.63) is 35.4 Å². The van der Waals surface area contributed by atoms with Crippen LogP contribution in [-0.2, 0) is 12.8 Å². The topological polar surface area (TPSA) is 64.3 Å². The van der Waals surface area contributed by atoms with Crippen LogP contribution in [0.25, 0.3) is 0 Å². The highest BCUT2D eigenvalue weighted by Crippen LogP contribution is 2.39. The summed E-state index contributed by atoms with van der Waals surface area (Å²) in [6, 6.07) is 8.25. The third-order valence-electron chi connectivity index (χ3n) is 6.88. The molecule has 10 heteroatoms. The Bertz CT molecular complexity index is 837. The first-order chi connectivity index (χ1) is 17.1. The van der Waals surface area contributed by atoms with Crippen molar-refractivity contribution >= 4 is 0 Å². The highest BCUT2D eigenvalue weighted by molar-refractivity contribution is 5.54. The molecule has 1 aliphatic heterocycles. The molecule has 2 N–H and O–H groups in total. The van der Waals surface area contributed by atoms with Gasteiger partial charge in [-0.25, -0.2) is 0 Å². The maximum absolute atomic E-state index is 5.51. The summed E-state index contributed by atoms with van der Waals surface area (Å²) in [7, 11) is 9.93. The van der Waals surface area contributed by atoms with Crippen LogP contribution in [0.2, 0.25) is 0 Å². The molecule has 0 amide bonds. The molecule has 1 saturated heterocycles. The van der Waals surface area contributed by atoms with Crippen molar-refractivity contribution in [1.29, 1.82) is 0 Å². The van der Waals surface area contributed by atoms with E-state index in [1.54, 1.807) is 52.5 Å². The van der Waals surface area contributed by atoms with Crippen molar-refractivity contribution in [2.45, 2.75) is 19.3 Å². The van der Waals surface area contributed by atoms with E-state index in [2.05, 4.69) is 24.3 Å². The molecule has 0 aliphatic carbocycles. The quantitative estimate of drug-likeness (QED) is 0.270. The lowest BCUT2D eigenvalue weighted by atomic mass is 10.1. The highest BCUT2D eigenvalue weighted by atomic mass is 35.5. The summed E-state index contributed by atoms with van der Waals surface area (Å²) in [4.78, 5) is 3.31. The van der Waals surface area contributed by atoms with Gasteiger partial charge in [0.25, 0.3) is 0 Å². The highest BCUT2D eigenvalue weighted by Gasteiger charge is 2.21. The van der Waals surface area contributed by atoms with Gasteiger partial charge in [-0.1, -0.05) is 0 Å². The van der Waals surface area contributed by atoms with E-state index < -0.39 is 0 Å². The summed E-state index contributed by atoms with van der Waals surface area (Å²) in [5.74, 6) is 4.16. The number of methoxy groups -OCH3 is 6. The van der Waals surface area contributed by atoms with Crippen LogP contribution in [0.3, 0.4) is 0 Å². The van der Waals surface area contributed by atoms with Gasteiger partial charge in [-0.05, 0) is 35.4 Å². The van der Waals surface area contributed by atoms with Gasteiger partial charge in [-0.2, -0.15) is 0 Å². The Balaban J connectivity index is 0.00000342. The summed E-state index contributed by atoms with van der Waals surface area (Å²) < 4.78 is 33.0. The van der Waals surface area contributed by atoms with Crippen LogP contribution in [0, 0.1) is 0 Å². The van der Waals surface area contributed by atoms with Gasteiger partial charge in [-0.3, -0.25) is 0 Å². The van der Waals surface area contributed by atoms with Crippen molar-refractivity contribution in [2.75, 3.05) is 81.9 Å². The van der Waals surface area contributed by atoms with E-state index in [0.29, 0.717) is 11.5 Å². The minimum Gasteiger partial charge on any atom is -1.00 e. The average Bonchev–Trinajstić information content (AvgIpc) is 3.14. The van der Waals surface area contributed by atoms with E-state index in [4.69, 9.17) is 28.4 Å². The Morgan fingerprint density at radius 1 is 0.514 bits per heavy atom. The number of benzene rings is 2. The number of quaternary nitrogens is 2. The Kier molecular flexibility index (Phi) is 14.7. The summed E-state index contributed by atoms with van der Waals surface area (Å²) in [6.07, 6.45) is 3.19. The van der Waals surface area contributed by atoms with Crippen molar-refractivity contribution in [2.24, 2.45) is 0 Å². The molecule has 8 nitrogen and oxygen atoms in total. The van der Waals surface area contributed by atoms with E-state index >= 15 is 0 Å². The maximum Gasteiger partial charge on any atom is 0.203 e. The first-order valence-corrected chi connectivity index (χ1v) is 12.3. The van der Waals surface area contributed by atoms with Crippen LogP contribution in [0.15, 0.2) is 24.3 Å². The molecule has 2 atom stereocenters. The Hall–Kier alpha value is -2.26. The van der Waals surface area contributed by atoms with Crippen molar-refractivity contribution in [3.63, 3.8) is 0 Å². The van der Waals surface area contributed by atoms with E-state index in [9.17, 15) is 0 Å².